The normalized spacial score (nSPS) is 11.5. The molecule has 0 spiro atoms. The summed E-state index contributed by atoms with van der Waals surface area (Å²) in [7, 11) is -3.79. The molecule has 0 aliphatic rings. The Morgan fingerprint density at radius 2 is 1.82 bits per heavy atom. The molecule has 0 amide bonds. The lowest BCUT2D eigenvalue weighted by Gasteiger charge is -2.12. The highest BCUT2D eigenvalue weighted by Gasteiger charge is 2.17. The highest BCUT2D eigenvalue weighted by Crippen LogP contribution is 2.38. The average Bonchev–Trinajstić information content (AvgIpc) is 2.53. The first-order valence-corrected chi connectivity index (χ1v) is 8.18. The zero-order valence-corrected chi connectivity index (χ0v) is 12.8. The number of hydrogen-bond acceptors (Lipinski definition) is 4. The van der Waals surface area contributed by atoms with Gasteiger partial charge in [-0.1, -0.05) is 35.9 Å². The third kappa shape index (κ3) is 2.58. The zero-order valence-electron chi connectivity index (χ0n) is 11.2. The quantitative estimate of drug-likeness (QED) is 0.719. The molecule has 1 heterocycles. The summed E-state index contributed by atoms with van der Waals surface area (Å²) in [6.45, 7) is 0. The van der Waals surface area contributed by atoms with Gasteiger partial charge >= 0.3 is 0 Å². The summed E-state index contributed by atoms with van der Waals surface area (Å²) in [5.74, 6) is -0.0819. The fourth-order valence-corrected chi connectivity index (χ4v) is 3.36. The number of anilines is 1. The molecule has 22 heavy (non-hydrogen) atoms. The van der Waals surface area contributed by atoms with Crippen LogP contribution in [0.15, 0.2) is 59.8 Å². The van der Waals surface area contributed by atoms with E-state index in [1.165, 1.54) is 30.6 Å². The fraction of sp³-hybridized carbons (Fsp3) is 0. The molecule has 2 aromatic carbocycles. The number of phenolic OH excluding ortho intramolecular Hbond substituents is 1. The summed E-state index contributed by atoms with van der Waals surface area (Å²) in [5, 5.41) is 11.1. The van der Waals surface area contributed by atoms with Crippen molar-refractivity contribution in [2.75, 3.05) is 4.72 Å². The summed E-state index contributed by atoms with van der Waals surface area (Å²) < 4.78 is 27.3. The first kappa shape index (κ1) is 14.6. The maximum absolute atomic E-state index is 12.4. The van der Waals surface area contributed by atoms with E-state index < -0.39 is 10.0 Å². The highest BCUT2D eigenvalue weighted by molar-refractivity contribution is 7.92. The minimum atomic E-state index is -3.79. The van der Waals surface area contributed by atoms with Gasteiger partial charge in [0.1, 0.15) is 10.6 Å². The molecule has 5 nitrogen and oxygen atoms in total. The van der Waals surface area contributed by atoms with Gasteiger partial charge in [-0.25, -0.2) is 8.42 Å². The van der Waals surface area contributed by atoms with Crippen LogP contribution < -0.4 is 4.72 Å². The molecule has 3 rings (SSSR count). The molecule has 0 bridgehead atoms. The summed E-state index contributed by atoms with van der Waals surface area (Å²) in [6, 6.07) is 11.2. The minimum absolute atomic E-state index is 0.0447. The Hall–Kier alpha value is -2.31. The number of phenols is 1. The van der Waals surface area contributed by atoms with E-state index in [1.54, 1.807) is 24.3 Å². The maximum Gasteiger partial charge on any atom is 0.263 e. The lowest BCUT2D eigenvalue weighted by molar-refractivity contribution is 0.482. The molecule has 0 aliphatic carbocycles. The number of halogens is 1. The Morgan fingerprint density at radius 1 is 1.09 bits per heavy atom. The molecule has 0 unspecified atom stereocenters. The summed E-state index contributed by atoms with van der Waals surface area (Å²) in [4.78, 5) is 3.85. The lowest BCUT2D eigenvalue weighted by Crippen LogP contribution is -2.13. The van der Waals surface area contributed by atoms with Crippen molar-refractivity contribution in [1.29, 1.82) is 0 Å². The number of sulfonamides is 1. The number of benzene rings is 2. The van der Waals surface area contributed by atoms with Crippen LogP contribution in [0.1, 0.15) is 0 Å². The van der Waals surface area contributed by atoms with Crippen LogP contribution in [-0.4, -0.2) is 18.5 Å². The lowest BCUT2D eigenvalue weighted by atomic mass is 10.1. The van der Waals surface area contributed by atoms with Gasteiger partial charge in [0.25, 0.3) is 10.0 Å². The van der Waals surface area contributed by atoms with Crippen molar-refractivity contribution in [3.63, 3.8) is 0 Å². The Morgan fingerprint density at radius 3 is 2.50 bits per heavy atom. The number of pyridine rings is 1. The number of aromatic nitrogens is 1. The second-order valence-corrected chi connectivity index (χ2v) is 6.68. The molecular weight excluding hydrogens is 324 g/mol. The molecular formula is C15H11ClN2O3S. The first-order valence-electron chi connectivity index (χ1n) is 6.32. The Balaban J connectivity index is 2.14. The van der Waals surface area contributed by atoms with Crippen molar-refractivity contribution >= 4 is 38.1 Å². The third-order valence-corrected chi connectivity index (χ3v) is 4.80. The van der Waals surface area contributed by atoms with Crippen molar-refractivity contribution in [2.45, 2.75) is 4.90 Å². The number of rotatable bonds is 3. The van der Waals surface area contributed by atoms with Crippen molar-refractivity contribution in [3.8, 4) is 5.75 Å². The molecule has 0 radical (unpaired) electrons. The van der Waals surface area contributed by atoms with Crippen LogP contribution in [0.5, 0.6) is 5.75 Å². The van der Waals surface area contributed by atoms with Crippen molar-refractivity contribution < 1.29 is 13.5 Å². The summed E-state index contributed by atoms with van der Waals surface area (Å²) in [6.07, 6.45) is 2.75. The number of nitrogens with one attached hydrogen (secondary N) is 1. The van der Waals surface area contributed by atoms with Crippen molar-refractivity contribution in [2.24, 2.45) is 0 Å². The third-order valence-electron chi connectivity index (χ3n) is 3.16. The largest absolute Gasteiger partial charge is 0.506 e. The molecule has 0 saturated carbocycles. The van der Waals surface area contributed by atoms with E-state index in [0.29, 0.717) is 16.5 Å². The van der Waals surface area contributed by atoms with Gasteiger partial charge in [-0.2, -0.15) is 0 Å². The van der Waals surface area contributed by atoms with Crippen molar-refractivity contribution in [3.05, 3.63) is 59.9 Å². The van der Waals surface area contributed by atoms with Gasteiger partial charge in [0, 0.05) is 23.2 Å². The molecule has 0 atom stereocenters. The van der Waals surface area contributed by atoms with Gasteiger partial charge in [-0.3, -0.25) is 9.71 Å². The summed E-state index contributed by atoms with van der Waals surface area (Å²) in [5.41, 5.74) is 0.294. The van der Waals surface area contributed by atoms with Crippen LogP contribution >= 0.6 is 11.6 Å². The fourth-order valence-electron chi connectivity index (χ4n) is 2.12. The van der Waals surface area contributed by atoms with E-state index in [0.717, 1.165) is 0 Å². The van der Waals surface area contributed by atoms with Crippen LogP contribution in [0, 0.1) is 0 Å². The van der Waals surface area contributed by atoms with Crippen LogP contribution in [0.4, 0.5) is 5.69 Å². The summed E-state index contributed by atoms with van der Waals surface area (Å²) >= 11 is 5.97. The maximum atomic E-state index is 12.4. The topological polar surface area (TPSA) is 79.3 Å². The van der Waals surface area contributed by atoms with E-state index in [4.69, 9.17) is 11.6 Å². The molecule has 0 fully saturated rings. The van der Waals surface area contributed by atoms with Gasteiger partial charge in [0.2, 0.25) is 0 Å². The van der Waals surface area contributed by atoms with E-state index >= 15 is 0 Å². The van der Waals surface area contributed by atoms with Crippen LogP contribution in [-0.2, 0) is 10.0 Å². The monoisotopic (exact) mass is 334 g/mol. The van der Waals surface area contributed by atoms with E-state index in [1.807, 2.05) is 0 Å². The average molecular weight is 335 g/mol. The molecule has 1 aromatic heterocycles. The first-order chi connectivity index (χ1) is 10.5. The van der Waals surface area contributed by atoms with E-state index in [-0.39, 0.29) is 15.7 Å². The van der Waals surface area contributed by atoms with Gasteiger partial charge in [0.05, 0.1) is 10.7 Å². The molecule has 7 heteroatoms. The zero-order chi connectivity index (χ0) is 15.7. The predicted octanol–water partition coefficient (Wildman–Crippen LogP) is 3.39. The standard InChI is InChI=1S/C15H11ClN2O3S/c16-13-8-14(11-5-1-2-6-12(11)15(13)19)18-22(20,21)10-4-3-7-17-9-10/h1-9,18-19H. The number of fused-ring (bicyclic) bond motifs is 1. The molecule has 0 saturated heterocycles. The van der Waals surface area contributed by atoms with Gasteiger partial charge in [-0.05, 0) is 18.2 Å². The predicted molar refractivity (Wildman–Crippen MR) is 85.7 cm³/mol. The second-order valence-electron chi connectivity index (χ2n) is 4.59. The Labute approximate surface area is 132 Å². The van der Waals surface area contributed by atoms with E-state index in [2.05, 4.69) is 9.71 Å². The van der Waals surface area contributed by atoms with Crippen LogP contribution in [0.3, 0.4) is 0 Å². The smallest absolute Gasteiger partial charge is 0.263 e. The molecule has 3 aromatic rings. The van der Waals surface area contributed by atoms with Gasteiger partial charge < -0.3 is 5.11 Å². The van der Waals surface area contributed by atoms with Crippen molar-refractivity contribution in [1.82, 2.24) is 4.98 Å². The molecule has 2 N–H and O–H groups in total. The Bertz CT molecular complexity index is 944. The number of aromatic hydroxyl groups is 1. The number of nitrogens with zero attached hydrogens (tertiary/aromatic N) is 1. The van der Waals surface area contributed by atoms with Gasteiger partial charge in [0.15, 0.2) is 0 Å². The van der Waals surface area contributed by atoms with Crippen LogP contribution in [0.2, 0.25) is 5.02 Å². The molecule has 112 valence electrons. The Kier molecular flexibility index (Phi) is 3.64. The SMILES string of the molecule is O=S(=O)(Nc1cc(Cl)c(O)c2ccccc12)c1cccnc1. The minimum Gasteiger partial charge on any atom is -0.506 e. The molecule has 0 aliphatic heterocycles. The van der Waals surface area contributed by atoms with Gasteiger partial charge in [-0.15, -0.1) is 0 Å². The number of hydrogen-bond donors (Lipinski definition) is 2. The second kappa shape index (κ2) is 5.47. The van der Waals surface area contributed by atoms with E-state index in [9.17, 15) is 13.5 Å². The highest BCUT2D eigenvalue weighted by atomic mass is 35.5. The van der Waals surface area contributed by atoms with Crippen LogP contribution in [0.25, 0.3) is 10.8 Å².